The number of hydrogen-bond acceptors (Lipinski definition) is 3. The molecule has 0 spiro atoms. The van der Waals surface area contributed by atoms with Crippen molar-refractivity contribution in [1.82, 2.24) is 4.31 Å². The Bertz CT molecular complexity index is 633. The summed E-state index contributed by atoms with van der Waals surface area (Å²) < 4.78 is 40.4. The van der Waals surface area contributed by atoms with Crippen molar-refractivity contribution in [2.24, 2.45) is 5.92 Å². The number of halogens is 2. The highest BCUT2D eigenvalue weighted by molar-refractivity contribution is 9.10. The molecule has 0 N–H and O–H groups in total. The van der Waals surface area contributed by atoms with E-state index in [0.717, 1.165) is 6.07 Å². The SMILES string of the molecule is CC(=O)C1CCCN(S(=O)(=O)c2ccc(Br)cc2F)C1. The summed E-state index contributed by atoms with van der Waals surface area (Å²) in [6, 6.07) is 3.85. The summed E-state index contributed by atoms with van der Waals surface area (Å²) in [7, 11) is -3.89. The quantitative estimate of drug-likeness (QED) is 0.829. The zero-order valence-electron chi connectivity index (χ0n) is 11.0. The molecule has 0 amide bonds. The van der Waals surface area contributed by atoms with Crippen molar-refractivity contribution in [1.29, 1.82) is 0 Å². The molecular weight excluding hydrogens is 349 g/mol. The summed E-state index contributed by atoms with van der Waals surface area (Å²) >= 11 is 3.09. The second-order valence-corrected chi connectivity index (χ2v) is 7.71. The minimum absolute atomic E-state index is 0.0267. The lowest BCUT2D eigenvalue weighted by molar-refractivity contribution is -0.121. The number of piperidine rings is 1. The average molecular weight is 364 g/mol. The Hall–Kier alpha value is -0.790. The molecule has 110 valence electrons. The Morgan fingerprint density at radius 2 is 2.15 bits per heavy atom. The van der Waals surface area contributed by atoms with E-state index in [2.05, 4.69) is 15.9 Å². The van der Waals surface area contributed by atoms with Crippen LogP contribution >= 0.6 is 15.9 Å². The number of Topliss-reactive ketones (excluding diaryl/α,β-unsaturated/α-hetero) is 1. The van der Waals surface area contributed by atoms with Crippen molar-refractivity contribution in [3.8, 4) is 0 Å². The van der Waals surface area contributed by atoms with Gasteiger partial charge in [0.2, 0.25) is 10.0 Å². The van der Waals surface area contributed by atoms with Crippen molar-refractivity contribution in [2.75, 3.05) is 13.1 Å². The molecule has 0 radical (unpaired) electrons. The van der Waals surface area contributed by atoms with Crippen molar-refractivity contribution in [2.45, 2.75) is 24.7 Å². The highest BCUT2D eigenvalue weighted by atomic mass is 79.9. The summed E-state index contributed by atoms with van der Waals surface area (Å²) in [5, 5.41) is 0. The number of rotatable bonds is 3. The van der Waals surface area contributed by atoms with Gasteiger partial charge in [0, 0.05) is 23.5 Å². The summed E-state index contributed by atoms with van der Waals surface area (Å²) in [4.78, 5) is 11.1. The number of benzene rings is 1. The molecule has 1 unspecified atom stereocenters. The molecule has 4 nitrogen and oxygen atoms in total. The van der Waals surface area contributed by atoms with Gasteiger partial charge in [-0.25, -0.2) is 12.8 Å². The minimum Gasteiger partial charge on any atom is -0.300 e. The van der Waals surface area contributed by atoms with E-state index < -0.39 is 15.8 Å². The fourth-order valence-electron chi connectivity index (χ4n) is 2.32. The van der Waals surface area contributed by atoms with Crippen LogP contribution in [-0.4, -0.2) is 31.6 Å². The third kappa shape index (κ3) is 3.10. The summed E-state index contributed by atoms with van der Waals surface area (Å²) in [6.07, 6.45) is 1.30. The number of ketones is 1. The molecule has 7 heteroatoms. The lowest BCUT2D eigenvalue weighted by atomic mass is 9.96. The van der Waals surface area contributed by atoms with Crippen LogP contribution in [0, 0.1) is 11.7 Å². The zero-order valence-corrected chi connectivity index (χ0v) is 13.4. The van der Waals surface area contributed by atoms with Crippen molar-refractivity contribution >= 4 is 31.7 Å². The Balaban J connectivity index is 2.32. The summed E-state index contributed by atoms with van der Waals surface area (Å²) in [6.45, 7) is 1.91. The van der Waals surface area contributed by atoms with E-state index in [9.17, 15) is 17.6 Å². The largest absolute Gasteiger partial charge is 0.300 e. The van der Waals surface area contributed by atoms with Crippen LogP contribution in [0.5, 0.6) is 0 Å². The lowest BCUT2D eigenvalue weighted by Crippen LogP contribution is -2.42. The van der Waals surface area contributed by atoms with Gasteiger partial charge in [-0.05, 0) is 38.0 Å². The van der Waals surface area contributed by atoms with E-state index in [1.54, 1.807) is 0 Å². The first-order valence-corrected chi connectivity index (χ1v) is 8.51. The van der Waals surface area contributed by atoms with Gasteiger partial charge >= 0.3 is 0 Å². The van der Waals surface area contributed by atoms with Crippen LogP contribution in [0.1, 0.15) is 19.8 Å². The van der Waals surface area contributed by atoms with E-state index in [1.807, 2.05) is 0 Å². The van der Waals surface area contributed by atoms with Crippen LogP contribution < -0.4 is 0 Å². The Kier molecular flexibility index (Phi) is 4.61. The van der Waals surface area contributed by atoms with E-state index in [4.69, 9.17) is 0 Å². The molecule has 1 saturated heterocycles. The predicted molar refractivity (Wildman–Crippen MR) is 76.3 cm³/mol. The van der Waals surface area contributed by atoms with Gasteiger partial charge < -0.3 is 0 Å². The van der Waals surface area contributed by atoms with E-state index in [0.29, 0.717) is 23.9 Å². The maximum atomic E-state index is 13.9. The van der Waals surface area contributed by atoms with Crippen LogP contribution in [-0.2, 0) is 14.8 Å². The Morgan fingerprint density at radius 3 is 2.75 bits per heavy atom. The molecule has 1 atom stereocenters. The van der Waals surface area contributed by atoms with Crippen LogP contribution in [0.15, 0.2) is 27.6 Å². The first kappa shape index (κ1) is 15.6. The third-order valence-electron chi connectivity index (χ3n) is 3.47. The van der Waals surface area contributed by atoms with Gasteiger partial charge in [0.25, 0.3) is 0 Å². The fourth-order valence-corrected chi connectivity index (χ4v) is 4.22. The average Bonchev–Trinajstić information content (AvgIpc) is 2.38. The van der Waals surface area contributed by atoms with Gasteiger partial charge in [-0.15, -0.1) is 0 Å². The zero-order chi connectivity index (χ0) is 14.9. The molecule has 1 aromatic rings. The summed E-state index contributed by atoms with van der Waals surface area (Å²) in [5.41, 5.74) is 0. The van der Waals surface area contributed by atoms with Gasteiger partial charge in [-0.3, -0.25) is 4.79 Å². The molecular formula is C13H15BrFNO3S. The first-order valence-electron chi connectivity index (χ1n) is 6.28. The maximum Gasteiger partial charge on any atom is 0.246 e. The van der Waals surface area contributed by atoms with Gasteiger partial charge in [-0.1, -0.05) is 15.9 Å². The molecule has 0 saturated carbocycles. The number of sulfonamides is 1. The van der Waals surface area contributed by atoms with Crippen LogP contribution in [0.3, 0.4) is 0 Å². The van der Waals surface area contributed by atoms with Crippen molar-refractivity contribution in [3.63, 3.8) is 0 Å². The molecule has 1 aromatic carbocycles. The second-order valence-electron chi connectivity index (χ2n) is 4.89. The van der Waals surface area contributed by atoms with E-state index in [1.165, 1.54) is 23.4 Å². The van der Waals surface area contributed by atoms with Gasteiger partial charge in [0.05, 0.1) is 0 Å². The number of carbonyl (C=O) groups excluding carboxylic acids is 1. The smallest absolute Gasteiger partial charge is 0.246 e. The van der Waals surface area contributed by atoms with Crippen molar-refractivity contribution < 1.29 is 17.6 Å². The highest BCUT2D eigenvalue weighted by Gasteiger charge is 2.33. The van der Waals surface area contributed by atoms with Gasteiger partial charge in [0.15, 0.2) is 0 Å². The number of hydrogen-bond donors (Lipinski definition) is 0. The predicted octanol–water partition coefficient (Wildman–Crippen LogP) is 2.58. The molecule has 1 aliphatic rings. The molecule has 1 heterocycles. The third-order valence-corrected chi connectivity index (χ3v) is 5.86. The lowest BCUT2D eigenvalue weighted by Gasteiger charge is -2.30. The van der Waals surface area contributed by atoms with Crippen LogP contribution in [0.4, 0.5) is 4.39 Å². The topological polar surface area (TPSA) is 54.5 Å². The number of carbonyl (C=O) groups is 1. The van der Waals surface area contributed by atoms with Gasteiger partial charge in [0.1, 0.15) is 16.5 Å². The number of nitrogens with zero attached hydrogens (tertiary/aromatic N) is 1. The molecule has 0 aliphatic carbocycles. The molecule has 2 rings (SSSR count). The normalized spacial score (nSPS) is 20.9. The Morgan fingerprint density at radius 1 is 1.45 bits per heavy atom. The highest BCUT2D eigenvalue weighted by Crippen LogP contribution is 2.27. The second kappa shape index (κ2) is 5.91. The Labute approximate surface area is 126 Å². The van der Waals surface area contributed by atoms with E-state index >= 15 is 0 Å². The molecule has 0 aromatic heterocycles. The molecule has 20 heavy (non-hydrogen) atoms. The maximum absolute atomic E-state index is 13.9. The fraction of sp³-hybridized carbons (Fsp3) is 0.462. The first-order chi connectivity index (χ1) is 9.32. The standard InChI is InChI=1S/C13H15BrFNO3S/c1-9(17)10-3-2-6-16(8-10)20(18,19)13-5-4-11(14)7-12(13)15/h4-5,7,10H,2-3,6,8H2,1H3. The molecule has 1 aliphatic heterocycles. The minimum atomic E-state index is -3.89. The van der Waals surface area contributed by atoms with E-state index in [-0.39, 0.29) is 23.1 Å². The molecule has 0 bridgehead atoms. The van der Waals surface area contributed by atoms with Crippen LogP contribution in [0.2, 0.25) is 0 Å². The monoisotopic (exact) mass is 363 g/mol. The summed E-state index contributed by atoms with van der Waals surface area (Å²) in [5.74, 6) is -1.11. The van der Waals surface area contributed by atoms with Crippen molar-refractivity contribution in [3.05, 3.63) is 28.5 Å². The van der Waals surface area contributed by atoms with Crippen LogP contribution in [0.25, 0.3) is 0 Å². The molecule has 1 fully saturated rings. The van der Waals surface area contributed by atoms with Gasteiger partial charge in [-0.2, -0.15) is 4.31 Å².